The second kappa shape index (κ2) is 4.21. The highest BCUT2D eigenvalue weighted by Gasteiger charge is 2.67. The number of carbonyl (C=O) groups is 1. The molecule has 0 N–H and O–H groups in total. The highest BCUT2D eigenvalue weighted by molar-refractivity contribution is 6.22. The normalized spacial score (nSPS) is 36.5. The smallest absolute Gasteiger partial charge is 0.166 e. The van der Waals surface area contributed by atoms with E-state index in [-0.39, 0.29) is 5.92 Å². The third-order valence-electron chi connectivity index (χ3n) is 5.77. The molecule has 2 nitrogen and oxygen atoms in total. The fourth-order valence-corrected chi connectivity index (χ4v) is 4.81. The number of benzene rings is 1. The van der Waals surface area contributed by atoms with Gasteiger partial charge in [-0.05, 0) is 60.6 Å². The molecular formula is C18H20O2. The maximum absolute atomic E-state index is 12.7. The molecule has 0 aromatic heterocycles. The van der Waals surface area contributed by atoms with Crippen LogP contribution in [0.3, 0.4) is 0 Å². The molecule has 0 spiro atoms. The number of hydrogen-bond donors (Lipinski definition) is 0. The van der Waals surface area contributed by atoms with E-state index in [0.29, 0.717) is 23.2 Å². The first-order chi connectivity index (χ1) is 9.70. The molecule has 3 fully saturated rings. The quantitative estimate of drug-likeness (QED) is 0.780. The van der Waals surface area contributed by atoms with Gasteiger partial charge in [0.05, 0.1) is 7.11 Å². The van der Waals surface area contributed by atoms with Crippen LogP contribution in [0.5, 0.6) is 5.75 Å². The van der Waals surface area contributed by atoms with Crippen LogP contribution in [0.15, 0.2) is 30.8 Å². The zero-order chi connectivity index (χ0) is 13.9. The summed E-state index contributed by atoms with van der Waals surface area (Å²) in [6.07, 6.45) is 4.09. The summed E-state index contributed by atoms with van der Waals surface area (Å²) >= 11 is 0. The lowest BCUT2D eigenvalue weighted by Crippen LogP contribution is -2.11. The lowest BCUT2D eigenvalue weighted by molar-refractivity contribution is -0.115. The van der Waals surface area contributed by atoms with Crippen molar-refractivity contribution >= 4 is 11.4 Å². The molecule has 1 aromatic rings. The van der Waals surface area contributed by atoms with E-state index in [1.165, 1.54) is 19.3 Å². The summed E-state index contributed by atoms with van der Waals surface area (Å²) in [5, 5.41) is 0. The SMILES string of the molecule is C=C(C(=O)C1C2C3CCC(C3)C12)c1ccc(OC)cc1. The predicted octanol–water partition coefficient (Wildman–Crippen LogP) is 3.57. The van der Waals surface area contributed by atoms with E-state index in [1.54, 1.807) is 7.11 Å². The summed E-state index contributed by atoms with van der Waals surface area (Å²) in [6.45, 7) is 4.05. The van der Waals surface area contributed by atoms with E-state index < -0.39 is 0 Å². The summed E-state index contributed by atoms with van der Waals surface area (Å²) in [5.74, 6) is 4.45. The standard InChI is InChI=1S/C18H20O2/c1-10(11-5-7-14(20-2)8-6-11)18(19)17-15-12-3-4-13(9-12)16(15)17/h5-8,12-13,15-17H,1,3-4,9H2,2H3. The minimum absolute atomic E-state index is 0.288. The number of carbonyl (C=O) groups excluding carboxylic acids is 1. The third kappa shape index (κ3) is 1.60. The van der Waals surface area contributed by atoms with Gasteiger partial charge in [-0.15, -0.1) is 0 Å². The van der Waals surface area contributed by atoms with Crippen molar-refractivity contribution in [2.24, 2.45) is 29.6 Å². The summed E-state index contributed by atoms with van der Waals surface area (Å²) in [6, 6.07) is 7.66. The number of methoxy groups -OCH3 is 1. The molecule has 4 unspecified atom stereocenters. The second-order valence-corrected chi connectivity index (χ2v) is 6.59. The van der Waals surface area contributed by atoms with Gasteiger partial charge in [0, 0.05) is 11.5 Å². The fourth-order valence-electron chi connectivity index (χ4n) is 4.81. The molecule has 1 aromatic carbocycles. The van der Waals surface area contributed by atoms with Gasteiger partial charge in [-0.1, -0.05) is 18.7 Å². The van der Waals surface area contributed by atoms with Crippen LogP contribution in [0.1, 0.15) is 24.8 Å². The van der Waals surface area contributed by atoms with Crippen molar-refractivity contribution in [1.82, 2.24) is 0 Å². The molecule has 4 atom stereocenters. The fraction of sp³-hybridized carbons (Fsp3) is 0.500. The van der Waals surface area contributed by atoms with E-state index in [4.69, 9.17) is 4.74 Å². The van der Waals surface area contributed by atoms with Crippen molar-refractivity contribution in [2.75, 3.05) is 7.11 Å². The van der Waals surface area contributed by atoms with Gasteiger partial charge in [0.25, 0.3) is 0 Å². The predicted molar refractivity (Wildman–Crippen MR) is 78.3 cm³/mol. The number of ether oxygens (including phenoxy) is 1. The van der Waals surface area contributed by atoms with Gasteiger partial charge in [-0.2, -0.15) is 0 Å². The van der Waals surface area contributed by atoms with Crippen LogP contribution in [-0.4, -0.2) is 12.9 Å². The van der Waals surface area contributed by atoms with Crippen molar-refractivity contribution < 1.29 is 9.53 Å². The van der Waals surface area contributed by atoms with Crippen molar-refractivity contribution in [2.45, 2.75) is 19.3 Å². The highest BCUT2D eigenvalue weighted by atomic mass is 16.5. The molecule has 0 heterocycles. The van der Waals surface area contributed by atoms with Crippen LogP contribution in [-0.2, 0) is 4.79 Å². The molecule has 2 bridgehead atoms. The van der Waals surface area contributed by atoms with Gasteiger partial charge in [0.1, 0.15) is 5.75 Å². The first-order valence-corrected chi connectivity index (χ1v) is 7.58. The average molecular weight is 268 g/mol. The average Bonchev–Trinajstić information content (AvgIpc) is 2.93. The van der Waals surface area contributed by atoms with Crippen LogP contribution in [0.4, 0.5) is 0 Å². The van der Waals surface area contributed by atoms with Crippen molar-refractivity contribution in [3.05, 3.63) is 36.4 Å². The minimum Gasteiger partial charge on any atom is -0.497 e. The molecule has 3 saturated carbocycles. The highest BCUT2D eigenvalue weighted by Crippen LogP contribution is 2.70. The number of ketones is 1. The van der Waals surface area contributed by atoms with Gasteiger partial charge >= 0.3 is 0 Å². The largest absolute Gasteiger partial charge is 0.497 e. The zero-order valence-electron chi connectivity index (χ0n) is 11.8. The van der Waals surface area contributed by atoms with E-state index in [0.717, 1.165) is 23.1 Å². The number of hydrogen-bond acceptors (Lipinski definition) is 2. The summed E-state index contributed by atoms with van der Waals surface area (Å²) in [7, 11) is 1.65. The lowest BCUT2D eigenvalue weighted by atomic mass is 9.93. The van der Waals surface area contributed by atoms with E-state index in [2.05, 4.69) is 6.58 Å². The first-order valence-electron chi connectivity index (χ1n) is 7.58. The number of rotatable bonds is 4. The van der Waals surface area contributed by atoms with E-state index >= 15 is 0 Å². The second-order valence-electron chi connectivity index (χ2n) is 6.59. The molecule has 20 heavy (non-hydrogen) atoms. The van der Waals surface area contributed by atoms with Crippen LogP contribution >= 0.6 is 0 Å². The van der Waals surface area contributed by atoms with E-state index in [9.17, 15) is 4.79 Å². The molecular weight excluding hydrogens is 248 g/mol. The van der Waals surface area contributed by atoms with Crippen molar-refractivity contribution in [3.8, 4) is 5.75 Å². The minimum atomic E-state index is 0.288. The molecule has 0 aliphatic heterocycles. The molecule has 0 amide bonds. The zero-order valence-corrected chi connectivity index (χ0v) is 11.8. The Labute approximate surface area is 119 Å². The summed E-state index contributed by atoms with van der Waals surface area (Å²) < 4.78 is 5.15. The molecule has 2 heteroatoms. The Hall–Kier alpha value is -1.57. The summed E-state index contributed by atoms with van der Waals surface area (Å²) in [4.78, 5) is 12.7. The van der Waals surface area contributed by atoms with Crippen molar-refractivity contribution in [3.63, 3.8) is 0 Å². The van der Waals surface area contributed by atoms with Crippen LogP contribution in [0.2, 0.25) is 0 Å². The van der Waals surface area contributed by atoms with Crippen molar-refractivity contribution in [1.29, 1.82) is 0 Å². The Morgan fingerprint density at radius 3 is 2.30 bits per heavy atom. The molecule has 0 saturated heterocycles. The van der Waals surface area contributed by atoms with Crippen LogP contribution in [0, 0.1) is 29.6 Å². The Morgan fingerprint density at radius 1 is 1.15 bits per heavy atom. The molecule has 0 radical (unpaired) electrons. The molecule has 4 rings (SSSR count). The van der Waals surface area contributed by atoms with Gasteiger partial charge < -0.3 is 4.74 Å². The molecule has 3 aliphatic rings. The number of Topliss-reactive ketones (excluding diaryl/α,β-unsaturated/α-hetero) is 1. The summed E-state index contributed by atoms with van der Waals surface area (Å²) in [5.41, 5.74) is 1.62. The Bertz CT molecular complexity index is 556. The van der Waals surface area contributed by atoms with E-state index in [1.807, 2.05) is 24.3 Å². The molecule has 3 aliphatic carbocycles. The van der Waals surface area contributed by atoms with Gasteiger partial charge in [-0.25, -0.2) is 0 Å². The Balaban J connectivity index is 1.50. The van der Waals surface area contributed by atoms with Gasteiger partial charge in [0.2, 0.25) is 0 Å². The number of allylic oxidation sites excluding steroid dienone is 1. The van der Waals surface area contributed by atoms with Crippen LogP contribution < -0.4 is 4.74 Å². The maximum Gasteiger partial charge on any atom is 0.166 e. The molecule has 104 valence electrons. The Kier molecular flexibility index (Phi) is 2.57. The monoisotopic (exact) mass is 268 g/mol. The van der Waals surface area contributed by atoms with Crippen LogP contribution in [0.25, 0.3) is 5.57 Å². The third-order valence-corrected chi connectivity index (χ3v) is 5.77. The maximum atomic E-state index is 12.7. The van der Waals surface area contributed by atoms with Gasteiger partial charge in [0.15, 0.2) is 5.78 Å². The first kappa shape index (κ1) is 12.2. The van der Waals surface area contributed by atoms with Gasteiger partial charge in [-0.3, -0.25) is 4.79 Å². The Morgan fingerprint density at radius 2 is 1.75 bits per heavy atom. The number of fused-ring (bicyclic) bond motifs is 5. The topological polar surface area (TPSA) is 26.3 Å². The lowest BCUT2D eigenvalue weighted by Gasteiger charge is -2.10.